The molecule has 0 aromatic rings. The van der Waals surface area contributed by atoms with Crippen LogP contribution in [0.15, 0.2) is 0 Å². The van der Waals surface area contributed by atoms with Gasteiger partial charge in [0.05, 0.1) is 6.04 Å². The molecule has 2 amide bonds. The van der Waals surface area contributed by atoms with Gasteiger partial charge in [-0.2, -0.15) is 0 Å². The summed E-state index contributed by atoms with van der Waals surface area (Å²) in [6, 6.07) is -0.415. The molecule has 6 nitrogen and oxygen atoms in total. The highest BCUT2D eigenvalue weighted by Gasteiger charge is 2.44. The Hall–Kier alpha value is -1.30. The van der Waals surface area contributed by atoms with E-state index in [9.17, 15) is 9.59 Å². The van der Waals surface area contributed by atoms with Crippen molar-refractivity contribution in [3.8, 4) is 0 Å². The van der Waals surface area contributed by atoms with Crippen molar-refractivity contribution < 1.29 is 14.3 Å². The van der Waals surface area contributed by atoms with Crippen LogP contribution in [0.25, 0.3) is 0 Å². The van der Waals surface area contributed by atoms with Crippen molar-refractivity contribution in [2.75, 3.05) is 26.2 Å². The number of carbonyl (C=O) groups excluding carboxylic acids is 2. The summed E-state index contributed by atoms with van der Waals surface area (Å²) in [6.45, 7) is 12.6. The quantitative estimate of drug-likeness (QED) is 0.837. The highest BCUT2D eigenvalue weighted by molar-refractivity contribution is 5.82. The zero-order valence-corrected chi connectivity index (χ0v) is 15.8. The van der Waals surface area contributed by atoms with Crippen LogP contribution in [0.5, 0.6) is 0 Å². The number of carbonyl (C=O) groups is 2. The number of nitrogens with zero attached hydrogens (tertiary/aromatic N) is 2. The molecule has 2 saturated heterocycles. The van der Waals surface area contributed by atoms with Crippen molar-refractivity contribution in [3.63, 3.8) is 0 Å². The van der Waals surface area contributed by atoms with Crippen molar-refractivity contribution in [2.45, 2.75) is 65.5 Å². The Labute approximate surface area is 145 Å². The van der Waals surface area contributed by atoms with Gasteiger partial charge in [0.2, 0.25) is 5.91 Å². The molecule has 0 saturated carbocycles. The van der Waals surface area contributed by atoms with Crippen LogP contribution in [0.4, 0.5) is 4.79 Å². The molecule has 6 heteroatoms. The van der Waals surface area contributed by atoms with E-state index in [4.69, 9.17) is 10.5 Å². The maximum absolute atomic E-state index is 12.5. The average molecular weight is 339 g/mol. The summed E-state index contributed by atoms with van der Waals surface area (Å²) in [7, 11) is 0. The van der Waals surface area contributed by atoms with E-state index in [1.54, 1.807) is 4.90 Å². The second kappa shape index (κ2) is 6.90. The minimum atomic E-state index is -0.463. The van der Waals surface area contributed by atoms with Gasteiger partial charge >= 0.3 is 6.09 Å². The molecule has 1 atom stereocenters. The SMILES string of the molecule is CC(C)C(N)C(=O)N1CCC2(CCN(C(=O)OC(C)(C)C)CC2)C1. The first kappa shape index (κ1) is 19.0. The second-order valence-electron chi connectivity index (χ2n) is 8.75. The van der Waals surface area contributed by atoms with Gasteiger partial charge in [0.15, 0.2) is 0 Å². The zero-order valence-electron chi connectivity index (χ0n) is 15.8. The van der Waals surface area contributed by atoms with Crippen LogP contribution in [0.1, 0.15) is 53.9 Å². The predicted octanol–water partition coefficient (Wildman–Crippen LogP) is 2.22. The predicted molar refractivity (Wildman–Crippen MR) is 93.5 cm³/mol. The van der Waals surface area contributed by atoms with Crippen LogP contribution >= 0.6 is 0 Å². The maximum atomic E-state index is 12.5. The van der Waals surface area contributed by atoms with Crippen LogP contribution in [0.2, 0.25) is 0 Å². The Morgan fingerprint density at radius 1 is 1.04 bits per heavy atom. The summed E-state index contributed by atoms with van der Waals surface area (Å²) in [4.78, 5) is 28.4. The minimum absolute atomic E-state index is 0.0662. The van der Waals surface area contributed by atoms with Crippen molar-refractivity contribution in [1.82, 2.24) is 9.80 Å². The first-order valence-electron chi connectivity index (χ1n) is 9.05. The molecule has 2 aliphatic heterocycles. The van der Waals surface area contributed by atoms with E-state index in [1.807, 2.05) is 39.5 Å². The molecular formula is C18H33N3O3. The molecule has 0 bridgehead atoms. The lowest BCUT2D eigenvalue weighted by Crippen LogP contribution is -2.48. The van der Waals surface area contributed by atoms with E-state index < -0.39 is 11.6 Å². The number of likely N-dealkylation sites (tertiary alicyclic amines) is 2. The molecule has 1 spiro atoms. The second-order valence-corrected chi connectivity index (χ2v) is 8.75. The summed E-state index contributed by atoms with van der Waals surface area (Å²) in [5.41, 5.74) is 5.70. The monoisotopic (exact) mass is 339 g/mol. The highest BCUT2D eigenvalue weighted by Crippen LogP contribution is 2.40. The van der Waals surface area contributed by atoms with Gasteiger partial charge in [-0.25, -0.2) is 4.79 Å². The van der Waals surface area contributed by atoms with E-state index in [2.05, 4.69) is 0 Å². The lowest BCUT2D eigenvalue weighted by molar-refractivity contribution is -0.133. The molecule has 2 heterocycles. The van der Waals surface area contributed by atoms with E-state index in [0.717, 1.165) is 32.4 Å². The van der Waals surface area contributed by atoms with Gasteiger partial charge in [-0.05, 0) is 51.4 Å². The third kappa shape index (κ3) is 4.41. The smallest absolute Gasteiger partial charge is 0.410 e. The molecule has 2 aliphatic rings. The third-order valence-corrected chi connectivity index (χ3v) is 5.23. The van der Waals surface area contributed by atoms with Gasteiger partial charge in [0.1, 0.15) is 5.60 Å². The van der Waals surface area contributed by atoms with Crippen LogP contribution in [0.3, 0.4) is 0 Å². The van der Waals surface area contributed by atoms with Crippen molar-refractivity contribution >= 4 is 12.0 Å². The Bertz CT molecular complexity index is 476. The molecule has 1 unspecified atom stereocenters. The largest absolute Gasteiger partial charge is 0.444 e. The van der Waals surface area contributed by atoms with Gasteiger partial charge in [0.25, 0.3) is 0 Å². The van der Waals surface area contributed by atoms with Crippen LogP contribution < -0.4 is 5.73 Å². The first-order valence-corrected chi connectivity index (χ1v) is 9.05. The first-order chi connectivity index (χ1) is 11.0. The van der Waals surface area contributed by atoms with Crippen molar-refractivity contribution in [3.05, 3.63) is 0 Å². The average Bonchev–Trinajstić information content (AvgIpc) is 2.88. The van der Waals surface area contributed by atoms with E-state index in [0.29, 0.717) is 13.1 Å². The molecule has 138 valence electrons. The topological polar surface area (TPSA) is 75.9 Å². The highest BCUT2D eigenvalue weighted by atomic mass is 16.6. The van der Waals surface area contributed by atoms with Crippen LogP contribution in [-0.2, 0) is 9.53 Å². The van der Waals surface area contributed by atoms with Crippen LogP contribution in [-0.4, -0.2) is 59.6 Å². The van der Waals surface area contributed by atoms with Gasteiger partial charge in [-0.3, -0.25) is 4.79 Å². The fourth-order valence-corrected chi connectivity index (χ4v) is 3.52. The molecule has 0 radical (unpaired) electrons. The standard InChI is InChI=1S/C18H33N3O3/c1-13(2)14(19)15(22)21-11-8-18(12-21)6-9-20(10-7-18)16(23)24-17(3,4)5/h13-14H,6-12,19H2,1-5H3. The molecular weight excluding hydrogens is 306 g/mol. The van der Waals surface area contributed by atoms with Gasteiger partial charge in [0, 0.05) is 26.2 Å². The molecule has 0 aromatic carbocycles. The van der Waals surface area contributed by atoms with E-state index in [1.165, 1.54) is 0 Å². The Balaban J connectivity index is 1.88. The van der Waals surface area contributed by atoms with E-state index in [-0.39, 0.29) is 23.3 Å². The fraction of sp³-hybridized carbons (Fsp3) is 0.889. The summed E-state index contributed by atoms with van der Waals surface area (Å²) in [5.74, 6) is 0.222. The number of amides is 2. The number of nitrogens with two attached hydrogens (primary N) is 1. The zero-order chi connectivity index (χ0) is 18.1. The molecule has 0 aromatic heterocycles. The van der Waals surface area contributed by atoms with E-state index >= 15 is 0 Å². The number of hydrogen-bond acceptors (Lipinski definition) is 4. The molecule has 24 heavy (non-hydrogen) atoms. The van der Waals surface area contributed by atoms with Crippen molar-refractivity contribution in [1.29, 1.82) is 0 Å². The fourth-order valence-electron chi connectivity index (χ4n) is 3.52. The lowest BCUT2D eigenvalue weighted by atomic mass is 9.78. The number of hydrogen-bond donors (Lipinski definition) is 1. The number of piperidine rings is 1. The summed E-state index contributed by atoms with van der Waals surface area (Å²) in [6.07, 6.45) is 2.62. The maximum Gasteiger partial charge on any atom is 0.410 e. The number of rotatable bonds is 2. The van der Waals surface area contributed by atoms with Crippen LogP contribution in [0, 0.1) is 11.3 Å². The Kier molecular flexibility index (Phi) is 5.47. The Morgan fingerprint density at radius 3 is 2.00 bits per heavy atom. The van der Waals surface area contributed by atoms with Gasteiger partial charge in [-0.1, -0.05) is 13.8 Å². The van der Waals surface area contributed by atoms with Gasteiger partial charge < -0.3 is 20.3 Å². The molecule has 2 fully saturated rings. The molecule has 0 aliphatic carbocycles. The molecule has 2 N–H and O–H groups in total. The van der Waals surface area contributed by atoms with Gasteiger partial charge in [-0.15, -0.1) is 0 Å². The lowest BCUT2D eigenvalue weighted by Gasteiger charge is -2.39. The summed E-state index contributed by atoms with van der Waals surface area (Å²) < 4.78 is 5.45. The summed E-state index contributed by atoms with van der Waals surface area (Å²) >= 11 is 0. The normalized spacial score (nSPS) is 22.1. The Morgan fingerprint density at radius 2 is 1.54 bits per heavy atom. The molecule has 2 rings (SSSR count). The summed E-state index contributed by atoms with van der Waals surface area (Å²) in [5, 5.41) is 0. The number of ether oxygens (including phenoxy) is 1. The van der Waals surface area contributed by atoms with Crippen molar-refractivity contribution in [2.24, 2.45) is 17.1 Å². The minimum Gasteiger partial charge on any atom is -0.444 e. The third-order valence-electron chi connectivity index (χ3n) is 5.23.